The van der Waals surface area contributed by atoms with E-state index in [-0.39, 0.29) is 5.82 Å². The molecule has 0 saturated heterocycles. The highest BCUT2D eigenvalue weighted by molar-refractivity contribution is 5.99. The summed E-state index contributed by atoms with van der Waals surface area (Å²) in [5, 5.41) is 6.48. The summed E-state index contributed by atoms with van der Waals surface area (Å²) in [5.41, 5.74) is 2.61. The number of nitrogens with zero attached hydrogens (tertiary/aromatic N) is 1. The van der Waals surface area contributed by atoms with Crippen LogP contribution in [0.25, 0.3) is 21.7 Å². The number of halogens is 1. The highest BCUT2D eigenvalue weighted by Crippen LogP contribution is 2.30. The number of benzene rings is 3. The molecule has 0 aliphatic carbocycles. The first kappa shape index (κ1) is 12.8. The lowest BCUT2D eigenvalue weighted by atomic mass is 10.1. The Kier molecular flexibility index (Phi) is 2.97. The Labute approximate surface area is 127 Å². The van der Waals surface area contributed by atoms with Gasteiger partial charge in [0.2, 0.25) is 0 Å². The van der Waals surface area contributed by atoms with Gasteiger partial charge in [-0.2, -0.15) is 0 Å². The van der Waals surface area contributed by atoms with Crippen molar-refractivity contribution in [3.8, 4) is 0 Å². The normalized spacial score (nSPS) is 11.0. The van der Waals surface area contributed by atoms with E-state index in [1.807, 2.05) is 30.3 Å². The Balaban J connectivity index is 1.88. The summed E-state index contributed by atoms with van der Waals surface area (Å²) in [6, 6.07) is 20.8. The van der Waals surface area contributed by atoms with Gasteiger partial charge in [-0.25, -0.2) is 4.39 Å². The van der Waals surface area contributed by atoms with Crippen molar-refractivity contribution < 1.29 is 4.39 Å². The smallest absolute Gasteiger partial charge is 0.124 e. The van der Waals surface area contributed by atoms with Crippen LogP contribution >= 0.6 is 0 Å². The minimum Gasteiger partial charge on any atom is -0.354 e. The average molecular weight is 288 g/mol. The van der Waals surface area contributed by atoms with Gasteiger partial charge in [0.15, 0.2) is 0 Å². The highest BCUT2D eigenvalue weighted by Gasteiger charge is 2.06. The van der Waals surface area contributed by atoms with E-state index in [9.17, 15) is 4.39 Å². The zero-order valence-electron chi connectivity index (χ0n) is 11.8. The van der Waals surface area contributed by atoms with Crippen molar-refractivity contribution in [1.29, 1.82) is 0 Å². The van der Waals surface area contributed by atoms with Gasteiger partial charge in [0, 0.05) is 28.3 Å². The summed E-state index contributed by atoms with van der Waals surface area (Å²) < 4.78 is 13.6. The molecule has 3 heteroatoms. The number of rotatable bonds is 2. The number of anilines is 2. The molecule has 0 fully saturated rings. The minimum atomic E-state index is -0.263. The van der Waals surface area contributed by atoms with Crippen LogP contribution in [0.3, 0.4) is 0 Å². The summed E-state index contributed by atoms with van der Waals surface area (Å²) in [4.78, 5) is 4.28. The van der Waals surface area contributed by atoms with Gasteiger partial charge >= 0.3 is 0 Å². The third-order valence-corrected chi connectivity index (χ3v) is 3.76. The van der Waals surface area contributed by atoms with Crippen LogP contribution in [0.4, 0.5) is 15.8 Å². The Morgan fingerprint density at radius 3 is 2.55 bits per heavy atom. The van der Waals surface area contributed by atoms with Crippen molar-refractivity contribution in [2.45, 2.75) is 0 Å². The molecular formula is C19H13FN2. The molecule has 0 saturated carbocycles. The Morgan fingerprint density at radius 1 is 0.773 bits per heavy atom. The van der Waals surface area contributed by atoms with Gasteiger partial charge in [0.05, 0.1) is 5.52 Å². The molecule has 1 heterocycles. The molecule has 1 N–H and O–H groups in total. The standard InChI is InChI=1S/C19H13FN2/c20-14-8-9-17-16(12-14)19(10-11-21-17)22-18-7-3-5-13-4-1-2-6-15(13)18/h1-12H,(H,21,22). The van der Waals surface area contributed by atoms with E-state index in [1.165, 1.54) is 12.1 Å². The molecule has 0 aliphatic heterocycles. The van der Waals surface area contributed by atoms with Crippen molar-refractivity contribution in [2.75, 3.05) is 5.32 Å². The zero-order valence-corrected chi connectivity index (χ0v) is 11.8. The summed E-state index contributed by atoms with van der Waals surface area (Å²) in [7, 11) is 0. The predicted octanol–water partition coefficient (Wildman–Crippen LogP) is 5.27. The molecule has 22 heavy (non-hydrogen) atoms. The molecule has 4 aromatic rings. The summed E-state index contributed by atoms with van der Waals surface area (Å²) in [5.74, 6) is -0.263. The van der Waals surface area contributed by atoms with Crippen molar-refractivity contribution in [3.05, 3.63) is 78.7 Å². The van der Waals surface area contributed by atoms with Crippen LogP contribution in [0, 0.1) is 5.82 Å². The maximum absolute atomic E-state index is 13.6. The number of pyridine rings is 1. The molecule has 0 radical (unpaired) electrons. The van der Waals surface area contributed by atoms with E-state index in [0.29, 0.717) is 0 Å². The molecule has 0 aliphatic rings. The Morgan fingerprint density at radius 2 is 1.59 bits per heavy atom. The summed E-state index contributed by atoms with van der Waals surface area (Å²) >= 11 is 0. The first-order valence-electron chi connectivity index (χ1n) is 7.10. The van der Waals surface area contributed by atoms with Crippen molar-refractivity contribution in [1.82, 2.24) is 4.98 Å². The average Bonchev–Trinajstić information content (AvgIpc) is 2.56. The lowest BCUT2D eigenvalue weighted by Gasteiger charge is -2.12. The third kappa shape index (κ3) is 2.17. The van der Waals surface area contributed by atoms with E-state index < -0.39 is 0 Å². The van der Waals surface area contributed by atoms with Gasteiger partial charge in [0.1, 0.15) is 5.82 Å². The highest BCUT2D eigenvalue weighted by atomic mass is 19.1. The molecule has 2 nitrogen and oxygen atoms in total. The number of hydrogen-bond donors (Lipinski definition) is 1. The predicted molar refractivity (Wildman–Crippen MR) is 88.9 cm³/mol. The van der Waals surface area contributed by atoms with E-state index in [2.05, 4.69) is 28.5 Å². The molecule has 0 atom stereocenters. The van der Waals surface area contributed by atoms with Crippen molar-refractivity contribution in [2.24, 2.45) is 0 Å². The third-order valence-electron chi connectivity index (χ3n) is 3.76. The second-order valence-electron chi connectivity index (χ2n) is 5.17. The van der Waals surface area contributed by atoms with Crippen LogP contribution in [-0.4, -0.2) is 4.98 Å². The zero-order chi connectivity index (χ0) is 14.9. The molecular weight excluding hydrogens is 275 g/mol. The summed E-state index contributed by atoms with van der Waals surface area (Å²) in [6.45, 7) is 0. The van der Waals surface area contributed by atoms with E-state index in [4.69, 9.17) is 0 Å². The Hall–Kier alpha value is -2.94. The van der Waals surface area contributed by atoms with E-state index in [0.717, 1.165) is 33.1 Å². The molecule has 3 aromatic carbocycles. The minimum absolute atomic E-state index is 0.263. The van der Waals surface area contributed by atoms with Crippen LogP contribution in [0.5, 0.6) is 0 Å². The lowest BCUT2D eigenvalue weighted by molar-refractivity contribution is 0.629. The fourth-order valence-corrected chi connectivity index (χ4v) is 2.71. The Bertz CT molecular complexity index is 974. The molecule has 0 bridgehead atoms. The van der Waals surface area contributed by atoms with Gasteiger partial charge in [-0.15, -0.1) is 0 Å². The lowest BCUT2D eigenvalue weighted by Crippen LogP contribution is -1.94. The SMILES string of the molecule is Fc1ccc2nccc(Nc3cccc4ccccc34)c2c1. The fourth-order valence-electron chi connectivity index (χ4n) is 2.71. The largest absolute Gasteiger partial charge is 0.354 e. The summed E-state index contributed by atoms with van der Waals surface area (Å²) in [6.07, 6.45) is 1.73. The van der Waals surface area contributed by atoms with Gasteiger partial charge in [-0.05, 0) is 35.7 Å². The van der Waals surface area contributed by atoms with Crippen LogP contribution in [0.2, 0.25) is 0 Å². The van der Waals surface area contributed by atoms with Gasteiger partial charge in [-0.3, -0.25) is 4.98 Å². The maximum atomic E-state index is 13.6. The molecule has 106 valence electrons. The van der Waals surface area contributed by atoms with Crippen LogP contribution in [0.15, 0.2) is 72.9 Å². The maximum Gasteiger partial charge on any atom is 0.124 e. The van der Waals surface area contributed by atoms with Gasteiger partial charge in [-0.1, -0.05) is 36.4 Å². The quantitative estimate of drug-likeness (QED) is 0.543. The molecule has 0 amide bonds. The fraction of sp³-hybridized carbons (Fsp3) is 0. The second-order valence-corrected chi connectivity index (χ2v) is 5.17. The molecule has 0 spiro atoms. The van der Waals surface area contributed by atoms with Gasteiger partial charge < -0.3 is 5.32 Å². The molecule has 1 aromatic heterocycles. The monoisotopic (exact) mass is 288 g/mol. The first-order valence-corrected chi connectivity index (χ1v) is 7.10. The molecule has 0 unspecified atom stereocenters. The van der Waals surface area contributed by atoms with Crippen LogP contribution in [0.1, 0.15) is 0 Å². The van der Waals surface area contributed by atoms with Crippen LogP contribution < -0.4 is 5.32 Å². The number of aromatic nitrogens is 1. The van der Waals surface area contributed by atoms with Crippen LogP contribution in [-0.2, 0) is 0 Å². The van der Waals surface area contributed by atoms with Crippen molar-refractivity contribution in [3.63, 3.8) is 0 Å². The number of nitrogens with one attached hydrogen (secondary N) is 1. The van der Waals surface area contributed by atoms with Gasteiger partial charge in [0.25, 0.3) is 0 Å². The van der Waals surface area contributed by atoms with E-state index >= 15 is 0 Å². The first-order chi connectivity index (χ1) is 10.8. The second kappa shape index (κ2) is 5.11. The topological polar surface area (TPSA) is 24.9 Å². The van der Waals surface area contributed by atoms with Crippen molar-refractivity contribution >= 4 is 33.1 Å². The number of fused-ring (bicyclic) bond motifs is 2. The number of hydrogen-bond acceptors (Lipinski definition) is 2. The van der Waals surface area contributed by atoms with E-state index in [1.54, 1.807) is 12.3 Å². The molecule has 4 rings (SSSR count).